The Balaban J connectivity index is 1.51. The fraction of sp³-hybridized carbons (Fsp3) is 0.375. The summed E-state index contributed by atoms with van der Waals surface area (Å²) in [6.45, 7) is 1.82. The molecule has 8 heteroatoms. The Kier molecular flexibility index (Phi) is 8.64. The number of esters is 1. The first kappa shape index (κ1) is 23.8. The molecule has 1 amide bonds. The SMILES string of the molecule is COC(=O)c1cccc(OCCN2C(=O)CCCN2CCC(=O)Cc2cccc(Cl)c2)c1. The summed E-state index contributed by atoms with van der Waals surface area (Å²) in [6, 6.07) is 14.0. The molecule has 32 heavy (non-hydrogen) atoms. The molecule has 0 spiro atoms. The number of hydrazine groups is 1. The molecule has 1 aliphatic rings. The number of ether oxygens (including phenoxy) is 2. The average molecular weight is 459 g/mol. The Morgan fingerprint density at radius 3 is 2.69 bits per heavy atom. The van der Waals surface area contributed by atoms with E-state index in [4.69, 9.17) is 21.1 Å². The van der Waals surface area contributed by atoms with Crippen LogP contribution in [0, 0.1) is 0 Å². The molecule has 1 heterocycles. The zero-order valence-corrected chi connectivity index (χ0v) is 18.8. The molecule has 0 saturated carbocycles. The molecule has 1 fully saturated rings. The highest BCUT2D eigenvalue weighted by Gasteiger charge is 2.26. The quantitative estimate of drug-likeness (QED) is 0.507. The monoisotopic (exact) mass is 458 g/mol. The number of hydrogen-bond donors (Lipinski definition) is 0. The van der Waals surface area contributed by atoms with Gasteiger partial charge in [0.05, 0.1) is 19.2 Å². The van der Waals surface area contributed by atoms with Gasteiger partial charge in [-0.25, -0.2) is 9.80 Å². The van der Waals surface area contributed by atoms with Crippen LogP contribution in [-0.4, -0.2) is 61.0 Å². The maximum atomic E-state index is 12.5. The van der Waals surface area contributed by atoms with Gasteiger partial charge in [-0.2, -0.15) is 0 Å². The van der Waals surface area contributed by atoms with Gasteiger partial charge in [-0.3, -0.25) is 14.6 Å². The van der Waals surface area contributed by atoms with Crippen molar-refractivity contribution in [1.29, 1.82) is 0 Å². The van der Waals surface area contributed by atoms with Crippen LogP contribution in [0.5, 0.6) is 5.75 Å². The number of benzene rings is 2. The van der Waals surface area contributed by atoms with Gasteiger partial charge in [0.15, 0.2) is 0 Å². The standard InChI is InChI=1S/C24H27ClN2O5/c1-31-24(30)19-6-3-8-22(17-19)32-14-13-27-23(29)9-4-11-26(27)12-10-21(28)16-18-5-2-7-20(25)15-18/h2-3,5-8,15,17H,4,9-14,16H2,1H3. The van der Waals surface area contributed by atoms with Crippen molar-refractivity contribution in [2.45, 2.75) is 25.7 Å². The maximum absolute atomic E-state index is 12.5. The molecule has 0 radical (unpaired) electrons. The number of rotatable bonds is 10. The lowest BCUT2D eigenvalue weighted by molar-refractivity contribution is -0.157. The van der Waals surface area contributed by atoms with Crippen LogP contribution in [0.15, 0.2) is 48.5 Å². The predicted octanol–water partition coefficient (Wildman–Crippen LogP) is 3.55. The number of Topliss-reactive ketones (excluding diaryl/α,β-unsaturated/α-hetero) is 1. The van der Waals surface area contributed by atoms with Crippen molar-refractivity contribution >= 4 is 29.3 Å². The second-order valence-corrected chi connectivity index (χ2v) is 7.97. The van der Waals surface area contributed by atoms with E-state index < -0.39 is 5.97 Å². The normalized spacial score (nSPS) is 14.3. The van der Waals surface area contributed by atoms with Crippen LogP contribution in [0.25, 0.3) is 0 Å². The van der Waals surface area contributed by atoms with Gasteiger partial charge in [-0.1, -0.05) is 29.8 Å². The average Bonchev–Trinajstić information content (AvgIpc) is 2.78. The second kappa shape index (κ2) is 11.6. The summed E-state index contributed by atoms with van der Waals surface area (Å²) < 4.78 is 10.5. The Morgan fingerprint density at radius 1 is 1.09 bits per heavy atom. The first-order chi connectivity index (χ1) is 15.5. The van der Waals surface area contributed by atoms with E-state index in [1.165, 1.54) is 7.11 Å². The van der Waals surface area contributed by atoms with Crippen molar-refractivity contribution in [3.63, 3.8) is 0 Å². The number of carbonyl (C=O) groups is 3. The zero-order chi connectivity index (χ0) is 22.9. The Bertz CT molecular complexity index is 965. The molecule has 3 rings (SSSR count). The molecule has 0 unspecified atom stereocenters. The van der Waals surface area contributed by atoms with E-state index in [9.17, 15) is 14.4 Å². The third-order valence-corrected chi connectivity index (χ3v) is 5.44. The number of ketones is 1. The van der Waals surface area contributed by atoms with E-state index in [0.29, 0.717) is 55.2 Å². The van der Waals surface area contributed by atoms with Gasteiger partial charge < -0.3 is 9.47 Å². The molecule has 0 aromatic heterocycles. The van der Waals surface area contributed by atoms with Gasteiger partial charge in [0.25, 0.3) is 0 Å². The number of halogens is 1. The number of amides is 1. The van der Waals surface area contributed by atoms with E-state index in [1.54, 1.807) is 41.4 Å². The topological polar surface area (TPSA) is 76.2 Å². The van der Waals surface area contributed by atoms with Crippen LogP contribution in [0.2, 0.25) is 5.02 Å². The molecule has 170 valence electrons. The van der Waals surface area contributed by atoms with Crippen molar-refractivity contribution in [1.82, 2.24) is 10.0 Å². The van der Waals surface area contributed by atoms with E-state index in [-0.39, 0.29) is 18.3 Å². The summed E-state index contributed by atoms with van der Waals surface area (Å²) in [4.78, 5) is 36.6. The molecular formula is C24H27ClN2O5. The molecule has 1 saturated heterocycles. The van der Waals surface area contributed by atoms with Crippen molar-refractivity contribution in [3.05, 3.63) is 64.7 Å². The molecule has 1 aliphatic heterocycles. The van der Waals surface area contributed by atoms with Gasteiger partial charge in [0, 0.05) is 37.4 Å². The highest BCUT2D eigenvalue weighted by atomic mass is 35.5. The maximum Gasteiger partial charge on any atom is 0.337 e. The fourth-order valence-electron chi connectivity index (χ4n) is 3.62. The minimum atomic E-state index is -0.435. The first-order valence-corrected chi connectivity index (χ1v) is 11.0. The minimum Gasteiger partial charge on any atom is -0.492 e. The molecule has 0 aliphatic carbocycles. The van der Waals surface area contributed by atoms with Crippen molar-refractivity contribution in [2.24, 2.45) is 0 Å². The number of carbonyl (C=O) groups excluding carboxylic acids is 3. The summed E-state index contributed by atoms with van der Waals surface area (Å²) in [5.41, 5.74) is 1.29. The van der Waals surface area contributed by atoms with Crippen molar-refractivity contribution in [2.75, 3.05) is 33.4 Å². The van der Waals surface area contributed by atoms with E-state index in [2.05, 4.69) is 0 Å². The lowest BCUT2D eigenvalue weighted by atomic mass is 10.1. The molecule has 0 atom stereocenters. The van der Waals surface area contributed by atoms with Crippen LogP contribution in [0.4, 0.5) is 0 Å². The van der Waals surface area contributed by atoms with Crippen molar-refractivity contribution in [3.8, 4) is 5.75 Å². The number of hydrogen-bond acceptors (Lipinski definition) is 6. The minimum absolute atomic E-state index is 0.0189. The lowest BCUT2D eigenvalue weighted by Gasteiger charge is -2.38. The van der Waals surface area contributed by atoms with Crippen LogP contribution in [-0.2, 0) is 20.7 Å². The zero-order valence-electron chi connectivity index (χ0n) is 18.1. The molecule has 0 bridgehead atoms. The molecule has 2 aromatic rings. The van der Waals surface area contributed by atoms with Crippen LogP contribution in [0.1, 0.15) is 35.2 Å². The van der Waals surface area contributed by atoms with Crippen molar-refractivity contribution < 1.29 is 23.9 Å². The van der Waals surface area contributed by atoms with E-state index in [1.807, 2.05) is 17.1 Å². The van der Waals surface area contributed by atoms with Crippen LogP contribution >= 0.6 is 11.6 Å². The Morgan fingerprint density at radius 2 is 1.91 bits per heavy atom. The third-order valence-electron chi connectivity index (χ3n) is 5.20. The summed E-state index contributed by atoms with van der Waals surface area (Å²) in [5, 5.41) is 4.20. The lowest BCUT2D eigenvalue weighted by Crippen LogP contribution is -2.52. The van der Waals surface area contributed by atoms with Gasteiger partial charge in [0.2, 0.25) is 5.91 Å². The highest BCUT2D eigenvalue weighted by molar-refractivity contribution is 6.30. The molecular weight excluding hydrogens is 432 g/mol. The third kappa shape index (κ3) is 6.80. The first-order valence-electron chi connectivity index (χ1n) is 10.6. The second-order valence-electron chi connectivity index (χ2n) is 7.54. The summed E-state index contributed by atoms with van der Waals surface area (Å²) >= 11 is 5.99. The Labute approximate surface area is 192 Å². The predicted molar refractivity (Wildman–Crippen MR) is 121 cm³/mol. The smallest absolute Gasteiger partial charge is 0.337 e. The molecule has 2 aromatic carbocycles. The summed E-state index contributed by atoms with van der Waals surface area (Å²) in [5.74, 6) is 0.211. The number of methoxy groups -OCH3 is 1. The van der Waals surface area contributed by atoms with Gasteiger partial charge in [-0.05, 0) is 42.3 Å². The fourth-order valence-corrected chi connectivity index (χ4v) is 3.83. The van der Waals surface area contributed by atoms with E-state index in [0.717, 1.165) is 12.0 Å². The van der Waals surface area contributed by atoms with Gasteiger partial charge in [-0.15, -0.1) is 0 Å². The Hall–Kier alpha value is -2.90. The summed E-state index contributed by atoms with van der Waals surface area (Å²) in [6.07, 6.45) is 1.91. The van der Waals surface area contributed by atoms with Gasteiger partial charge >= 0.3 is 5.97 Å². The van der Waals surface area contributed by atoms with E-state index >= 15 is 0 Å². The number of nitrogens with zero attached hydrogens (tertiary/aromatic N) is 2. The highest BCUT2D eigenvalue weighted by Crippen LogP contribution is 2.17. The molecule has 0 N–H and O–H groups in total. The van der Waals surface area contributed by atoms with Gasteiger partial charge in [0.1, 0.15) is 18.1 Å². The summed E-state index contributed by atoms with van der Waals surface area (Å²) in [7, 11) is 1.33. The largest absolute Gasteiger partial charge is 0.492 e. The molecule has 7 nitrogen and oxygen atoms in total. The van der Waals surface area contributed by atoms with Crippen LogP contribution in [0.3, 0.4) is 0 Å². The van der Waals surface area contributed by atoms with Crippen LogP contribution < -0.4 is 4.74 Å².